The molecule has 2 rings (SSSR count). The van der Waals surface area contributed by atoms with Gasteiger partial charge in [0.15, 0.2) is 0 Å². The van der Waals surface area contributed by atoms with Gasteiger partial charge in [0.05, 0.1) is 11.7 Å². The lowest BCUT2D eigenvalue weighted by Crippen LogP contribution is -1.63. The fraction of sp³-hybridized carbons (Fsp3) is 0. The van der Waals surface area contributed by atoms with Crippen LogP contribution in [0.4, 0.5) is 0 Å². The van der Waals surface area contributed by atoms with E-state index in [-0.39, 0.29) is 1.43 Å². The summed E-state index contributed by atoms with van der Waals surface area (Å²) in [4.78, 5) is 0. The van der Waals surface area contributed by atoms with Gasteiger partial charge in [-0.05, 0) is 6.07 Å². The number of nitrogens with one attached hydrogen (secondary N) is 1. The molecule has 0 atom stereocenters. The Kier molecular flexibility index (Phi) is 0.803. The zero-order chi connectivity index (χ0) is 6.10. The smallest absolute Gasteiger partial charge is 0.0650 e. The Hall–Kier alpha value is -1.31. The first-order valence-corrected chi connectivity index (χ1v) is 2.85. The minimum Gasteiger partial charge on any atom is -0.278 e. The van der Waals surface area contributed by atoms with E-state index in [4.69, 9.17) is 0 Å². The van der Waals surface area contributed by atoms with Gasteiger partial charge in [-0.3, -0.25) is 5.10 Å². The predicted octanol–water partition coefficient (Wildman–Crippen LogP) is 1.81. The van der Waals surface area contributed by atoms with Gasteiger partial charge < -0.3 is 0 Å². The first-order valence-electron chi connectivity index (χ1n) is 2.85. The van der Waals surface area contributed by atoms with Crippen molar-refractivity contribution in [1.82, 2.24) is 10.2 Å². The van der Waals surface area contributed by atoms with E-state index in [0.29, 0.717) is 0 Å². The number of benzene rings is 1. The van der Waals surface area contributed by atoms with Crippen LogP contribution in [0.25, 0.3) is 10.9 Å². The number of aromatic nitrogens is 2. The second-order valence-electron chi connectivity index (χ2n) is 1.96. The van der Waals surface area contributed by atoms with Crippen LogP contribution in [0.15, 0.2) is 30.5 Å². The molecule has 0 aliphatic carbocycles. The van der Waals surface area contributed by atoms with E-state index in [1.54, 1.807) is 0 Å². The molecular weight excluding hydrogens is 112 g/mol. The van der Waals surface area contributed by atoms with Crippen molar-refractivity contribution in [2.24, 2.45) is 0 Å². The maximum absolute atomic E-state index is 3.88. The van der Waals surface area contributed by atoms with Crippen LogP contribution >= 0.6 is 0 Å². The summed E-state index contributed by atoms with van der Waals surface area (Å²) in [5.41, 5.74) is 1.09. The first-order chi connectivity index (χ1) is 4.47. The van der Waals surface area contributed by atoms with E-state index >= 15 is 0 Å². The molecular formula is C7H8N2. The van der Waals surface area contributed by atoms with Gasteiger partial charge in [-0.25, -0.2) is 0 Å². The molecule has 2 aromatic rings. The van der Waals surface area contributed by atoms with E-state index in [9.17, 15) is 0 Å². The lowest BCUT2D eigenvalue weighted by atomic mass is 10.3. The molecule has 1 aromatic heterocycles. The second kappa shape index (κ2) is 1.58. The molecule has 0 saturated heterocycles. The highest BCUT2D eigenvalue weighted by molar-refractivity contribution is 5.77. The van der Waals surface area contributed by atoms with Crippen LogP contribution in [0.2, 0.25) is 0 Å². The van der Waals surface area contributed by atoms with Crippen LogP contribution in [0.3, 0.4) is 0 Å². The van der Waals surface area contributed by atoms with Gasteiger partial charge in [0.25, 0.3) is 0 Å². The summed E-state index contributed by atoms with van der Waals surface area (Å²) in [5.74, 6) is 0. The molecule has 0 amide bonds. The Bertz CT molecular complexity index is 286. The number of hydrogen-bond acceptors (Lipinski definition) is 1. The number of hydrogen-bond donors (Lipinski definition) is 1. The van der Waals surface area contributed by atoms with Crippen LogP contribution in [0, 0.1) is 0 Å². The van der Waals surface area contributed by atoms with E-state index in [0.717, 1.165) is 10.9 Å². The molecule has 2 heteroatoms. The molecule has 0 fully saturated rings. The van der Waals surface area contributed by atoms with Gasteiger partial charge in [0, 0.05) is 6.81 Å². The average Bonchev–Trinajstić information content (AvgIpc) is 2.33. The molecule has 2 nitrogen and oxygen atoms in total. The first kappa shape index (κ1) is 4.56. The number of H-pyrrole nitrogens is 1. The molecule has 0 aliphatic heterocycles. The Balaban J connectivity index is 0.000000500. The molecule has 0 bridgehead atoms. The minimum atomic E-state index is 0. The molecule has 1 aromatic carbocycles. The van der Waals surface area contributed by atoms with Gasteiger partial charge in [0.1, 0.15) is 0 Å². The zero-order valence-electron chi connectivity index (χ0n) is 4.83. The van der Waals surface area contributed by atoms with Crippen molar-refractivity contribution in [2.45, 2.75) is 0 Å². The Morgan fingerprint density at radius 1 is 1.33 bits per heavy atom. The largest absolute Gasteiger partial charge is 0.278 e. The maximum atomic E-state index is 3.88. The van der Waals surface area contributed by atoms with Crippen molar-refractivity contribution in [2.75, 3.05) is 0 Å². The number of nitrogens with zero attached hydrogens (tertiary/aromatic N) is 1. The Morgan fingerprint density at radius 2 is 2.22 bits per heavy atom. The number of aromatic amines is 1. The highest BCUT2D eigenvalue weighted by Crippen LogP contribution is 2.06. The summed E-state index contributed by atoms with van der Waals surface area (Å²) in [5, 5.41) is 7.91. The third-order valence-corrected chi connectivity index (χ3v) is 1.35. The Labute approximate surface area is 54.0 Å². The van der Waals surface area contributed by atoms with Crippen molar-refractivity contribution >= 4 is 10.9 Å². The monoisotopic (exact) mass is 120 g/mol. The van der Waals surface area contributed by atoms with Gasteiger partial charge in [-0.15, -0.1) is 0 Å². The van der Waals surface area contributed by atoms with Crippen molar-refractivity contribution in [3.8, 4) is 0 Å². The number of fused-ring (bicyclic) bond motifs is 1. The van der Waals surface area contributed by atoms with Gasteiger partial charge in [0.2, 0.25) is 0 Å². The number of rotatable bonds is 0. The van der Waals surface area contributed by atoms with Crippen molar-refractivity contribution in [1.29, 1.82) is 0 Å². The van der Waals surface area contributed by atoms with Crippen LogP contribution < -0.4 is 0 Å². The molecule has 0 spiro atoms. The summed E-state index contributed by atoms with van der Waals surface area (Å²) in [6, 6.07) is 8.01. The predicted molar refractivity (Wildman–Crippen MR) is 38.2 cm³/mol. The second-order valence-corrected chi connectivity index (χ2v) is 1.96. The van der Waals surface area contributed by atoms with Crippen LogP contribution in [0.1, 0.15) is 1.43 Å². The highest BCUT2D eigenvalue weighted by Gasteiger charge is 1.88. The lowest BCUT2D eigenvalue weighted by molar-refractivity contribution is 1.12. The molecule has 0 saturated carbocycles. The molecule has 0 radical (unpaired) electrons. The van der Waals surface area contributed by atoms with Gasteiger partial charge in [-0.1, -0.05) is 18.2 Å². The topological polar surface area (TPSA) is 28.7 Å². The van der Waals surface area contributed by atoms with E-state index in [2.05, 4.69) is 10.2 Å². The summed E-state index contributed by atoms with van der Waals surface area (Å²) in [7, 11) is 0. The number of para-hydroxylation sites is 1. The maximum Gasteiger partial charge on any atom is 0.0650 e. The SMILES string of the molecule is [HH].c1ccc2[nH]ncc2c1. The van der Waals surface area contributed by atoms with Crippen LogP contribution in [-0.2, 0) is 0 Å². The third-order valence-electron chi connectivity index (χ3n) is 1.35. The Morgan fingerprint density at radius 3 is 3.11 bits per heavy atom. The molecule has 1 N–H and O–H groups in total. The summed E-state index contributed by atoms with van der Waals surface area (Å²) in [6.45, 7) is 0. The van der Waals surface area contributed by atoms with Crippen molar-refractivity contribution in [3.05, 3.63) is 30.5 Å². The lowest BCUT2D eigenvalue weighted by Gasteiger charge is -1.81. The van der Waals surface area contributed by atoms with Gasteiger partial charge in [-0.2, -0.15) is 5.10 Å². The molecule has 0 aliphatic rings. The van der Waals surface area contributed by atoms with Crippen molar-refractivity contribution < 1.29 is 1.43 Å². The molecule has 0 unspecified atom stereocenters. The summed E-state index contributed by atoms with van der Waals surface area (Å²) in [6.07, 6.45) is 1.81. The fourth-order valence-corrected chi connectivity index (χ4v) is 0.883. The summed E-state index contributed by atoms with van der Waals surface area (Å²) < 4.78 is 0. The van der Waals surface area contributed by atoms with E-state index in [1.807, 2.05) is 30.5 Å². The highest BCUT2D eigenvalue weighted by atomic mass is 15.1. The van der Waals surface area contributed by atoms with Gasteiger partial charge >= 0.3 is 0 Å². The normalized spacial score (nSPS) is 10.2. The van der Waals surface area contributed by atoms with E-state index in [1.165, 1.54) is 0 Å². The van der Waals surface area contributed by atoms with Crippen molar-refractivity contribution in [3.63, 3.8) is 0 Å². The molecule has 9 heavy (non-hydrogen) atoms. The van der Waals surface area contributed by atoms with Crippen LogP contribution in [0.5, 0.6) is 0 Å². The third kappa shape index (κ3) is 0.598. The minimum absolute atomic E-state index is 0. The summed E-state index contributed by atoms with van der Waals surface area (Å²) >= 11 is 0. The zero-order valence-corrected chi connectivity index (χ0v) is 4.83. The molecule has 46 valence electrons. The molecule has 1 heterocycles. The standard InChI is InChI=1S/C7H6N2.H2/c1-2-4-7-6(3-1)5-8-9-7;/h1-5H,(H,8,9);1H. The average molecular weight is 120 g/mol. The quantitative estimate of drug-likeness (QED) is 0.564. The fourth-order valence-electron chi connectivity index (χ4n) is 0.883. The van der Waals surface area contributed by atoms with E-state index < -0.39 is 0 Å². The van der Waals surface area contributed by atoms with Crippen LogP contribution in [-0.4, -0.2) is 10.2 Å².